The Labute approximate surface area is 222 Å². The molecule has 9 heteroatoms. The largest absolute Gasteiger partial charge is 0.491 e. The van der Waals surface area contributed by atoms with Crippen LogP contribution in [0, 0.1) is 3.57 Å². The number of benzene rings is 3. The van der Waals surface area contributed by atoms with E-state index in [0.717, 1.165) is 14.0 Å². The minimum absolute atomic E-state index is 0.124. The topological polar surface area (TPSA) is 122 Å². The Kier molecular flexibility index (Phi) is 7.60. The molecule has 0 saturated carbocycles. The molecule has 1 unspecified atom stereocenters. The lowest BCUT2D eigenvalue weighted by molar-refractivity contribution is -0.142. The van der Waals surface area contributed by atoms with Gasteiger partial charge in [-0.3, -0.25) is 9.59 Å². The van der Waals surface area contributed by atoms with Crippen molar-refractivity contribution in [2.75, 3.05) is 13.2 Å². The molecule has 1 aliphatic heterocycles. The van der Waals surface area contributed by atoms with Crippen LogP contribution in [0.4, 0.5) is 4.79 Å². The lowest BCUT2D eigenvalue weighted by Gasteiger charge is -2.42. The molecule has 1 heterocycles. The zero-order valence-electron chi connectivity index (χ0n) is 19.6. The van der Waals surface area contributed by atoms with Gasteiger partial charge in [-0.05, 0) is 63.5 Å². The van der Waals surface area contributed by atoms with Gasteiger partial charge >= 0.3 is 6.03 Å². The van der Waals surface area contributed by atoms with Gasteiger partial charge in [-0.1, -0.05) is 61.5 Å². The van der Waals surface area contributed by atoms with Crippen molar-refractivity contribution in [1.29, 1.82) is 0 Å². The first-order valence-corrected chi connectivity index (χ1v) is 12.5. The molecular formula is C27H26IN3O5. The summed E-state index contributed by atoms with van der Waals surface area (Å²) < 4.78 is 6.31. The number of nitrogens with one attached hydrogen (secondary N) is 1. The van der Waals surface area contributed by atoms with Gasteiger partial charge < -0.3 is 20.9 Å². The molecule has 0 spiro atoms. The number of carbonyl (C=O) groups is 3. The van der Waals surface area contributed by atoms with E-state index in [9.17, 15) is 14.4 Å². The third-order valence-electron chi connectivity index (χ3n) is 6.45. The molecule has 0 bridgehead atoms. The highest BCUT2D eigenvalue weighted by atomic mass is 127. The predicted octanol–water partition coefficient (Wildman–Crippen LogP) is 3.44. The number of ether oxygens (including phenoxy) is 1. The van der Waals surface area contributed by atoms with E-state index in [0.29, 0.717) is 16.9 Å². The van der Waals surface area contributed by atoms with Crippen molar-refractivity contribution in [2.45, 2.75) is 24.4 Å². The van der Waals surface area contributed by atoms with Crippen LogP contribution in [0.25, 0.3) is 0 Å². The molecule has 8 nitrogen and oxygen atoms in total. The molecule has 1 saturated heterocycles. The van der Waals surface area contributed by atoms with Gasteiger partial charge in [0.25, 0.3) is 5.91 Å². The van der Waals surface area contributed by atoms with E-state index in [-0.39, 0.29) is 13.2 Å². The molecule has 0 radical (unpaired) electrons. The number of nitrogens with two attached hydrogens (primary N) is 1. The third-order valence-corrected chi connectivity index (χ3v) is 7.17. The van der Waals surface area contributed by atoms with Gasteiger partial charge in [0.1, 0.15) is 18.4 Å². The summed E-state index contributed by atoms with van der Waals surface area (Å²) in [7, 11) is 0. The number of aliphatic hydroxyl groups is 1. The van der Waals surface area contributed by atoms with Crippen LogP contribution in [0.2, 0.25) is 0 Å². The van der Waals surface area contributed by atoms with Crippen LogP contribution >= 0.6 is 22.6 Å². The van der Waals surface area contributed by atoms with E-state index < -0.39 is 35.3 Å². The van der Waals surface area contributed by atoms with Gasteiger partial charge in [0.2, 0.25) is 5.91 Å². The fraction of sp³-hybridized carbons (Fsp3) is 0.222. The quantitative estimate of drug-likeness (QED) is 0.257. The Morgan fingerprint density at radius 3 is 2.31 bits per heavy atom. The number of urea groups is 1. The van der Waals surface area contributed by atoms with Gasteiger partial charge in [0.05, 0.1) is 6.61 Å². The molecule has 36 heavy (non-hydrogen) atoms. The molecule has 4 rings (SSSR count). The average molecular weight is 599 g/mol. The van der Waals surface area contributed by atoms with Crippen LogP contribution in [0.15, 0.2) is 78.9 Å². The molecule has 0 aliphatic carbocycles. The molecule has 3 aromatic rings. The van der Waals surface area contributed by atoms with Crippen molar-refractivity contribution in [3.63, 3.8) is 0 Å². The van der Waals surface area contributed by atoms with Crippen LogP contribution in [0.3, 0.4) is 0 Å². The van der Waals surface area contributed by atoms with Crippen molar-refractivity contribution in [2.24, 2.45) is 5.73 Å². The van der Waals surface area contributed by atoms with Gasteiger partial charge in [0, 0.05) is 9.49 Å². The summed E-state index contributed by atoms with van der Waals surface area (Å²) in [5.41, 5.74) is 6.04. The van der Waals surface area contributed by atoms with Crippen LogP contribution in [0.5, 0.6) is 5.75 Å². The Balaban J connectivity index is 1.81. The fourth-order valence-corrected chi connectivity index (χ4v) is 5.04. The number of carbonyl (C=O) groups excluding carboxylic acids is 3. The highest BCUT2D eigenvalue weighted by Gasteiger charge is 2.58. The van der Waals surface area contributed by atoms with E-state index in [4.69, 9.17) is 15.6 Å². The van der Waals surface area contributed by atoms with Crippen LogP contribution in [-0.2, 0) is 15.1 Å². The molecule has 186 valence electrons. The minimum atomic E-state index is -1.77. The molecule has 0 aromatic heterocycles. The van der Waals surface area contributed by atoms with Crippen molar-refractivity contribution in [1.82, 2.24) is 10.2 Å². The standard InChI is InChI=1S/C27H26IN3O5/c1-17(18-5-3-2-4-6-18)27(25(29)34,20-9-11-21(28)12-10-20)31-24(33)23(30-26(31)35)19-7-13-22(14-8-19)36-16-15-32/h2-14,17,23,32H,15-16H2,1H3,(H2,29,34)(H,30,35)/t17-,23?,27-/m0/s1. The molecule has 1 fully saturated rings. The lowest BCUT2D eigenvalue weighted by atomic mass is 9.73. The number of nitrogens with zero attached hydrogens (tertiary/aromatic N) is 1. The number of hydrogen-bond donors (Lipinski definition) is 3. The average Bonchev–Trinajstić information content (AvgIpc) is 3.19. The van der Waals surface area contributed by atoms with Crippen molar-refractivity contribution in [3.8, 4) is 5.75 Å². The SMILES string of the molecule is C[C@@H](c1ccccc1)[C@@](C(N)=O)(c1ccc(I)cc1)N1C(=O)NC(c2ccc(OCCO)cc2)C1=O. The number of imide groups is 1. The van der Waals surface area contributed by atoms with Gasteiger partial charge in [0.15, 0.2) is 5.54 Å². The monoisotopic (exact) mass is 599 g/mol. The first-order valence-electron chi connectivity index (χ1n) is 11.4. The number of rotatable bonds is 9. The van der Waals surface area contributed by atoms with Crippen molar-refractivity contribution in [3.05, 3.63) is 99.1 Å². The van der Waals surface area contributed by atoms with Crippen molar-refractivity contribution >= 4 is 40.4 Å². The summed E-state index contributed by atoms with van der Waals surface area (Å²) in [6.07, 6.45) is 0. The first kappa shape index (κ1) is 25.6. The van der Waals surface area contributed by atoms with Crippen molar-refractivity contribution < 1.29 is 24.2 Å². The number of hydrogen-bond acceptors (Lipinski definition) is 5. The fourth-order valence-electron chi connectivity index (χ4n) is 4.68. The zero-order chi connectivity index (χ0) is 25.9. The lowest BCUT2D eigenvalue weighted by Crippen LogP contribution is -2.60. The number of amides is 4. The summed E-state index contributed by atoms with van der Waals surface area (Å²) >= 11 is 2.15. The third kappa shape index (κ3) is 4.56. The summed E-state index contributed by atoms with van der Waals surface area (Å²) in [4.78, 5) is 41.7. The summed E-state index contributed by atoms with van der Waals surface area (Å²) in [6, 6.07) is 21.2. The molecule has 4 N–H and O–H groups in total. The maximum atomic E-state index is 13.9. The smallest absolute Gasteiger partial charge is 0.326 e. The van der Waals surface area contributed by atoms with Gasteiger partial charge in [-0.25, -0.2) is 9.69 Å². The number of halogens is 1. The Morgan fingerprint density at radius 2 is 1.72 bits per heavy atom. The van der Waals surface area contributed by atoms with E-state index in [2.05, 4.69) is 27.9 Å². The second-order valence-corrected chi connectivity index (χ2v) is 9.71. The van der Waals surface area contributed by atoms with Crippen LogP contribution in [0.1, 0.15) is 35.6 Å². The summed E-state index contributed by atoms with van der Waals surface area (Å²) in [5, 5.41) is 11.7. The minimum Gasteiger partial charge on any atom is -0.491 e. The van der Waals surface area contributed by atoms with E-state index in [1.54, 1.807) is 43.3 Å². The van der Waals surface area contributed by atoms with E-state index in [1.165, 1.54) is 0 Å². The van der Waals surface area contributed by atoms with Gasteiger partial charge in [-0.2, -0.15) is 0 Å². The van der Waals surface area contributed by atoms with Crippen LogP contribution < -0.4 is 15.8 Å². The maximum absolute atomic E-state index is 13.9. The highest BCUT2D eigenvalue weighted by Crippen LogP contribution is 2.45. The van der Waals surface area contributed by atoms with Crippen LogP contribution in [-0.4, -0.2) is 41.1 Å². The summed E-state index contributed by atoms with van der Waals surface area (Å²) in [5.74, 6) is -1.51. The van der Waals surface area contributed by atoms with E-state index in [1.807, 2.05) is 42.5 Å². The molecule has 3 aromatic carbocycles. The Hall–Kier alpha value is -3.44. The Morgan fingerprint density at radius 1 is 1.08 bits per heavy atom. The predicted molar refractivity (Wildman–Crippen MR) is 142 cm³/mol. The summed E-state index contributed by atoms with van der Waals surface area (Å²) in [6.45, 7) is 1.81. The molecule has 3 atom stereocenters. The molecular weight excluding hydrogens is 573 g/mol. The number of aliphatic hydroxyl groups excluding tert-OH is 1. The number of primary amides is 1. The Bertz CT molecular complexity index is 1250. The molecule has 1 aliphatic rings. The van der Waals surface area contributed by atoms with Gasteiger partial charge in [-0.15, -0.1) is 0 Å². The first-order chi connectivity index (χ1) is 17.3. The maximum Gasteiger partial charge on any atom is 0.326 e. The second-order valence-electron chi connectivity index (χ2n) is 8.47. The normalized spacial score (nSPS) is 17.9. The zero-order valence-corrected chi connectivity index (χ0v) is 21.7. The van der Waals surface area contributed by atoms with E-state index >= 15 is 0 Å². The highest BCUT2D eigenvalue weighted by molar-refractivity contribution is 14.1. The second kappa shape index (κ2) is 10.7. The molecule has 4 amide bonds.